The van der Waals surface area contributed by atoms with Crippen LogP contribution in [-0.2, 0) is 0 Å². The molecule has 1 aromatic carbocycles. The molecule has 0 aliphatic carbocycles. The number of ketones is 1. The number of piperidine rings is 1. The molecule has 0 bridgehead atoms. The summed E-state index contributed by atoms with van der Waals surface area (Å²) in [6, 6.07) is 9.92. The predicted octanol–water partition coefficient (Wildman–Crippen LogP) is 2.78. The molecule has 104 valence electrons. The molecule has 3 nitrogen and oxygen atoms in total. The van der Waals surface area contributed by atoms with Gasteiger partial charge in [0.05, 0.1) is 5.69 Å². The van der Waals surface area contributed by atoms with Crippen molar-refractivity contribution in [1.82, 2.24) is 9.88 Å². The van der Waals surface area contributed by atoms with Crippen LogP contribution in [0, 0.1) is 5.82 Å². The Morgan fingerprint density at radius 2 is 2.00 bits per heavy atom. The van der Waals surface area contributed by atoms with E-state index in [1.165, 1.54) is 12.1 Å². The molecule has 4 heteroatoms. The molecule has 2 aromatic rings. The first-order valence-corrected chi connectivity index (χ1v) is 6.93. The lowest BCUT2D eigenvalue weighted by atomic mass is 10.0. The van der Waals surface area contributed by atoms with Gasteiger partial charge in [0.15, 0.2) is 0 Å². The van der Waals surface area contributed by atoms with Crippen LogP contribution in [0.1, 0.15) is 34.9 Å². The molecule has 0 atom stereocenters. The Balaban J connectivity index is 1.90. The van der Waals surface area contributed by atoms with Crippen molar-refractivity contribution in [1.29, 1.82) is 0 Å². The molecule has 0 saturated carbocycles. The summed E-state index contributed by atoms with van der Waals surface area (Å²) in [7, 11) is 0. The molecule has 1 fully saturated rings. The van der Waals surface area contributed by atoms with Gasteiger partial charge in [-0.25, -0.2) is 4.39 Å². The third-order valence-corrected chi connectivity index (χ3v) is 3.80. The number of rotatable bonds is 3. The Bertz CT molecular complexity index is 614. The van der Waals surface area contributed by atoms with Crippen molar-refractivity contribution in [2.75, 3.05) is 13.1 Å². The van der Waals surface area contributed by atoms with Crippen molar-refractivity contribution in [3.63, 3.8) is 0 Å². The number of carbonyl (C=O) groups is 1. The fourth-order valence-electron chi connectivity index (χ4n) is 2.77. The number of benzene rings is 1. The van der Waals surface area contributed by atoms with Gasteiger partial charge in [-0.2, -0.15) is 0 Å². The molecule has 1 aliphatic rings. The topological polar surface area (TPSA) is 34.0 Å². The molecule has 1 N–H and O–H groups in total. The van der Waals surface area contributed by atoms with Crippen LogP contribution in [0.5, 0.6) is 0 Å². The Hall–Kier alpha value is -1.94. The minimum atomic E-state index is -0.379. The van der Waals surface area contributed by atoms with E-state index in [1.54, 1.807) is 12.1 Å². The summed E-state index contributed by atoms with van der Waals surface area (Å²) in [5.74, 6) is -0.496. The SMILES string of the molecule is O=C(c1cccc(F)c1)c1cccn1C1CCNCC1. The second kappa shape index (κ2) is 5.59. The number of hydrogen-bond acceptors (Lipinski definition) is 2. The van der Waals surface area contributed by atoms with Crippen molar-refractivity contribution in [3.05, 3.63) is 59.7 Å². The van der Waals surface area contributed by atoms with E-state index in [0.29, 0.717) is 17.3 Å². The van der Waals surface area contributed by atoms with E-state index in [9.17, 15) is 9.18 Å². The molecule has 1 aromatic heterocycles. The minimum absolute atomic E-state index is 0.118. The van der Waals surface area contributed by atoms with Crippen LogP contribution in [-0.4, -0.2) is 23.4 Å². The predicted molar refractivity (Wildman–Crippen MR) is 75.4 cm³/mol. The van der Waals surface area contributed by atoms with E-state index in [2.05, 4.69) is 5.32 Å². The van der Waals surface area contributed by atoms with E-state index in [0.717, 1.165) is 25.9 Å². The maximum atomic E-state index is 13.3. The van der Waals surface area contributed by atoms with Crippen molar-refractivity contribution in [3.8, 4) is 0 Å². The zero-order valence-corrected chi connectivity index (χ0v) is 11.2. The first-order valence-electron chi connectivity index (χ1n) is 6.93. The van der Waals surface area contributed by atoms with E-state index in [4.69, 9.17) is 0 Å². The van der Waals surface area contributed by atoms with Crippen molar-refractivity contribution in [2.24, 2.45) is 0 Å². The molecular weight excluding hydrogens is 255 g/mol. The van der Waals surface area contributed by atoms with Gasteiger partial charge in [0.2, 0.25) is 5.78 Å². The highest BCUT2D eigenvalue weighted by Crippen LogP contribution is 2.23. The molecular formula is C16H17FN2O. The van der Waals surface area contributed by atoms with Crippen LogP contribution in [0.2, 0.25) is 0 Å². The fourth-order valence-corrected chi connectivity index (χ4v) is 2.77. The van der Waals surface area contributed by atoms with Gasteiger partial charge >= 0.3 is 0 Å². The lowest BCUT2D eigenvalue weighted by Gasteiger charge is -2.25. The van der Waals surface area contributed by atoms with Gasteiger partial charge in [-0.15, -0.1) is 0 Å². The van der Waals surface area contributed by atoms with Crippen LogP contribution in [0.4, 0.5) is 4.39 Å². The smallest absolute Gasteiger partial charge is 0.209 e. The van der Waals surface area contributed by atoms with E-state index < -0.39 is 0 Å². The third-order valence-electron chi connectivity index (χ3n) is 3.80. The van der Waals surface area contributed by atoms with Gasteiger partial charge in [-0.3, -0.25) is 4.79 Å². The van der Waals surface area contributed by atoms with Crippen molar-refractivity contribution >= 4 is 5.78 Å². The van der Waals surface area contributed by atoms with Crippen molar-refractivity contribution in [2.45, 2.75) is 18.9 Å². The lowest BCUT2D eigenvalue weighted by molar-refractivity contribution is 0.102. The largest absolute Gasteiger partial charge is 0.342 e. The summed E-state index contributed by atoms with van der Waals surface area (Å²) < 4.78 is 15.3. The van der Waals surface area contributed by atoms with Crippen LogP contribution in [0.25, 0.3) is 0 Å². The molecule has 0 unspecified atom stereocenters. The van der Waals surface area contributed by atoms with Crippen LogP contribution >= 0.6 is 0 Å². The summed E-state index contributed by atoms with van der Waals surface area (Å²) in [5, 5.41) is 3.32. The molecule has 0 amide bonds. The first-order chi connectivity index (χ1) is 9.75. The van der Waals surface area contributed by atoms with Gasteiger partial charge in [-0.1, -0.05) is 12.1 Å². The first kappa shape index (κ1) is 13.1. The molecule has 3 rings (SSSR count). The summed E-state index contributed by atoms with van der Waals surface area (Å²) in [6.45, 7) is 1.94. The molecule has 20 heavy (non-hydrogen) atoms. The van der Waals surface area contributed by atoms with Gasteiger partial charge in [0, 0.05) is 17.8 Å². The third kappa shape index (κ3) is 2.51. The Morgan fingerprint density at radius 1 is 1.20 bits per heavy atom. The zero-order valence-electron chi connectivity index (χ0n) is 11.2. The van der Waals surface area contributed by atoms with Gasteiger partial charge < -0.3 is 9.88 Å². The second-order valence-electron chi connectivity index (χ2n) is 5.12. The van der Waals surface area contributed by atoms with E-state index in [1.807, 2.05) is 22.9 Å². The summed E-state index contributed by atoms with van der Waals surface area (Å²) in [4.78, 5) is 12.5. The number of carbonyl (C=O) groups excluding carboxylic acids is 1. The summed E-state index contributed by atoms with van der Waals surface area (Å²) in [6.07, 6.45) is 3.97. The van der Waals surface area contributed by atoms with Crippen LogP contribution in [0.15, 0.2) is 42.6 Å². The monoisotopic (exact) mass is 272 g/mol. The Kier molecular flexibility index (Phi) is 3.65. The highest BCUT2D eigenvalue weighted by atomic mass is 19.1. The van der Waals surface area contributed by atoms with Crippen LogP contribution in [0.3, 0.4) is 0 Å². The van der Waals surface area contributed by atoms with Gasteiger partial charge in [0.1, 0.15) is 5.82 Å². The highest BCUT2D eigenvalue weighted by Gasteiger charge is 2.20. The number of nitrogens with zero attached hydrogens (tertiary/aromatic N) is 1. The van der Waals surface area contributed by atoms with Gasteiger partial charge in [0.25, 0.3) is 0 Å². The normalized spacial score (nSPS) is 16.2. The summed E-state index contributed by atoms with van der Waals surface area (Å²) >= 11 is 0. The quantitative estimate of drug-likeness (QED) is 0.872. The summed E-state index contributed by atoms with van der Waals surface area (Å²) in [5.41, 5.74) is 1.04. The van der Waals surface area contributed by atoms with E-state index in [-0.39, 0.29) is 11.6 Å². The number of halogens is 1. The number of hydrogen-bond donors (Lipinski definition) is 1. The maximum Gasteiger partial charge on any atom is 0.209 e. The van der Waals surface area contributed by atoms with Crippen molar-refractivity contribution < 1.29 is 9.18 Å². The fraction of sp³-hybridized carbons (Fsp3) is 0.312. The van der Waals surface area contributed by atoms with Crippen LogP contribution < -0.4 is 5.32 Å². The number of aromatic nitrogens is 1. The Morgan fingerprint density at radius 3 is 2.75 bits per heavy atom. The zero-order chi connectivity index (χ0) is 13.9. The van der Waals surface area contributed by atoms with E-state index >= 15 is 0 Å². The highest BCUT2D eigenvalue weighted by molar-refractivity contribution is 6.08. The molecule has 1 aliphatic heterocycles. The second-order valence-corrected chi connectivity index (χ2v) is 5.12. The average Bonchev–Trinajstić information content (AvgIpc) is 2.97. The maximum absolute atomic E-state index is 13.3. The molecule has 2 heterocycles. The Labute approximate surface area is 117 Å². The lowest BCUT2D eigenvalue weighted by Crippen LogP contribution is -2.30. The molecule has 0 spiro atoms. The average molecular weight is 272 g/mol. The number of nitrogens with one attached hydrogen (secondary N) is 1. The molecule has 1 saturated heterocycles. The molecule has 0 radical (unpaired) electrons. The standard InChI is InChI=1S/C16H17FN2O/c17-13-4-1-3-12(11-13)16(20)15-5-2-10-19(15)14-6-8-18-9-7-14/h1-5,10-11,14,18H,6-9H2. The van der Waals surface area contributed by atoms with Gasteiger partial charge in [-0.05, 0) is 50.2 Å². The minimum Gasteiger partial charge on any atom is -0.342 e.